The van der Waals surface area contributed by atoms with Gasteiger partial charge in [0.05, 0.1) is 23.0 Å². The lowest BCUT2D eigenvalue weighted by Crippen LogP contribution is -2.28. The number of halogens is 2. The Balaban J connectivity index is 1.31. The Morgan fingerprint density at radius 2 is 1.73 bits per heavy atom. The van der Waals surface area contributed by atoms with Crippen LogP contribution in [-0.4, -0.2) is 10.7 Å². The summed E-state index contributed by atoms with van der Waals surface area (Å²) in [6.45, 7) is 0. The van der Waals surface area contributed by atoms with E-state index in [0.717, 1.165) is 47.1 Å². The first-order chi connectivity index (χ1) is 19.5. The lowest BCUT2D eigenvalue weighted by atomic mass is 9.77. The van der Waals surface area contributed by atoms with Gasteiger partial charge in [0.15, 0.2) is 0 Å². The summed E-state index contributed by atoms with van der Waals surface area (Å²) in [7, 11) is 0. The molecule has 5 nitrogen and oxygen atoms in total. The van der Waals surface area contributed by atoms with E-state index in [1.165, 1.54) is 35.6 Å². The quantitative estimate of drug-likeness (QED) is 0.212. The summed E-state index contributed by atoms with van der Waals surface area (Å²) in [6, 6.07) is 22.0. The Morgan fingerprint density at radius 1 is 0.975 bits per heavy atom. The molecule has 0 bridgehead atoms. The van der Waals surface area contributed by atoms with Crippen molar-refractivity contribution in [3.63, 3.8) is 0 Å². The van der Waals surface area contributed by atoms with Crippen molar-refractivity contribution in [2.24, 2.45) is 11.0 Å². The number of thiazole rings is 1. The maximum Gasteiger partial charge on any atom is 0.345 e. The number of para-hydroxylation sites is 1. The van der Waals surface area contributed by atoms with Crippen LogP contribution < -0.4 is 10.6 Å². The lowest BCUT2D eigenvalue weighted by molar-refractivity contribution is 0.486. The number of aromatic nitrogens is 1. The van der Waals surface area contributed by atoms with Gasteiger partial charge in [-0.15, -0.1) is 11.3 Å². The third kappa shape index (κ3) is 4.44. The van der Waals surface area contributed by atoms with Crippen molar-refractivity contribution in [2.45, 2.75) is 25.3 Å². The molecule has 40 heavy (non-hydrogen) atoms. The van der Waals surface area contributed by atoms with Gasteiger partial charge in [0.1, 0.15) is 17.2 Å². The van der Waals surface area contributed by atoms with Gasteiger partial charge in [0.25, 0.3) is 0 Å². The second-order valence-corrected chi connectivity index (χ2v) is 10.9. The van der Waals surface area contributed by atoms with E-state index >= 15 is 0 Å². The SMILES string of the molecule is O=c1oc2ccccc2cc1-c1csc(N2N=C3/C(=C/c4ccc(F)cc4)CCC[C@H]3[C@H]2c2ccc(F)cc2)n1. The molecule has 2 aromatic heterocycles. The normalized spacial score (nSPS) is 19.7. The Morgan fingerprint density at radius 3 is 2.52 bits per heavy atom. The summed E-state index contributed by atoms with van der Waals surface area (Å²) in [5.74, 6) is -0.497. The minimum absolute atomic E-state index is 0.0731. The highest BCUT2D eigenvalue weighted by atomic mass is 32.1. The van der Waals surface area contributed by atoms with Gasteiger partial charge in [-0.2, -0.15) is 5.10 Å². The largest absolute Gasteiger partial charge is 0.422 e. The average molecular weight is 552 g/mol. The van der Waals surface area contributed by atoms with Crippen LogP contribution in [0.25, 0.3) is 28.3 Å². The Bertz CT molecular complexity index is 1840. The fourth-order valence-corrected chi connectivity index (χ4v) is 6.46. The maximum absolute atomic E-state index is 13.9. The Labute approximate surface area is 232 Å². The summed E-state index contributed by atoms with van der Waals surface area (Å²) in [5, 5.41) is 10.3. The smallest absolute Gasteiger partial charge is 0.345 e. The number of hydrogen-bond acceptors (Lipinski definition) is 6. The van der Waals surface area contributed by atoms with Crippen LogP contribution in [-0.2, 0) is 0 Å². The van der Waals surface area contributed by atoms with Crippen molar-refractivity contribution in [1.82, 2.24) is 4.98 Å². The van der Waals surface area contributed by atoms with Crippen molar-refractivity contribution < 1.29 is 13.2 Å². The van der Waals surface area contributed by atoms with Gasteiger partial charge in [-0.05, 0) is 78.4 Å². The van der Waals surface area contributed by atoms with Crippen molar-refractivity contribution in [2.75, 3.05) is 5.01 Å². The van der Waals surface area contributed by atoms with Gasteiger partial charge in [0.2, 0.25) is 5.13 Å². The number of hydrogen-bond donors (Lipinski definition) is 0. The fraction of sp³-hybridized carbons (Fsp3) is 0.156. The van der Waals surface area contributed by atoms with Crippen LogP contribution in [0.15, 0.2) is 104 Å². The second kappa shape index (κ2) is 9.95. The molecule has 1 fully saturated rings. The molecule has 0 saturated heterocycles. The van der Waals surface area contributed by atoms with E-state index in [1.54, 1.807) is 36.4 Å². The van der Waals surface area contributed by atoms with Crippen LogP contribution in [0.4, 0.5) is 13.9 Å². The van der Waals surface area contributed by atoms with Gasteiger partial charge >= 0.3 is 5.63 Å². The van der Waals surface area contributed by atoms with Gasteiger partial charge < -0.3 is 4.42 Å². The molecule has 7 rings (SSSR count). The van der Waals surface area contributed by atoms with E-state index < -0.39 is 5.63 Å². The van der Waals surface area contributed by atoms with Gasteiger partial charge in [-0.1, -0.05) is 42.5 Å². The molecule has 1 saturated carbocycles. The molecule has 0 spiro atoms. The van der Waals surface area contributed by atoms with Crippen LogP contribution in [0.2, 0.25) is 0 Å². The minimum Gasteiger partial charge on any atom is -0.422 e. The highest BCUT2D eigenvalue weighted by Crippen LogP contribution is 2.47. The predicted molar refractivity (Wildman–Crippen MR) is 154 cm³/mol. The summed E-state index contributed by atoms with van der Waals surface area (Å²) < 4.78 is 32.9. The summed E-state index contributed by atoms with van der Waals surface area (Å²) in [4.78, 5) is 17.7. The first-order valence-electron chi connectivity index (χ1n) is 13.1. The monoisotopic (exact) mass is 551 g/mol. The number of allylic oxidation sites excluding steroid dienone is 1. The zero-order valence-electron chi connectivity index (χ0n) is 21.3. The standard InChI is InChI=1S/C32H23F2N3O2S/c33-23-12-8-19(9-13-23)16-22-5-3-6-25-29(22)36-37(30(25)20-10-14-24(34)15-11-20)32-35-27(18-40-32)26-17-21-4-1-2-7-28(21)39-31(26)38/h1-2,4,7-18,25,30H,3,5-6H2/b22-16+/t25-,30-/m1/s1. The van der Waals surface area contributed by atoms with Crippen LogP contribution in [0.3, 0.4) is 0 Å². The fourth-order valence-electron chi connectivity index (χ4n) is 5.65. The molecule has 1 aliphatic carbocycles. The summed E-state index contributed by atoms with van der Waals surface area (Å²) in [5.41, 5.74) is 4.91. The number of nitrogens with zero attached hydrogens (tertiary/aromatic N) is 3. The van der Waals surface area contributed by atoms with E-state index in [2.05, 4.69) is 6.08 Å². The van der Waals surface area contributed by atoms with Gasteiger partial charge in [-0.25, -0.2) is 23.6 Å². The molecule has 0 unspecified atom stereocenters. The van der Waals surface area contributed by atoms with Gasteiger partial charge in [-0.3, -0.25) is 0 Å². The van der Waals surface area contributed by atoms with Crippen molar-refractivity contribution >= 4 is 39.2 Å². The second-order valence-electron chi connectivity index (χ2n) is 10.0. The third-order valence-electron chi connectivity index (χ3n) is 7.53. The Kier molecular flexibility index (Phi) is 6.12. The number of rotatable bonds is 4. The van der Waals surface area contributed by atoms with Crippen LogP contribution in [0.1, 0.15) is 36.4 Å². The molecular formula is C32H23F2N3O2S. The molecule has 2 aliphatic rings. The molecule has 0 radical (unpaired) electrons. The van der Waals surface area contributed by atoms with Crippen LogP contribution in [0.5, 0.6) is 0 Å². The molecule has 5 aromatic rings. The molecule has 1 aliphatic heterocycles. The molecule has 8 heteroatoms. The third-order valence-corrected chi connectivity index (χ3v) is 8.36. The molecule has 2 atom stereocenters. The highest BCUT2D eigenvalue weighted by Gasteiger charge is 2.43. The first kappa shape index (κ1) is 24.6. The number of benzene rings is 3. The first-order valence-corrected chi connectivity index (χ1v) is 14.0. The average Bonchev–Trinajstić information content (AvgIpc) is 3.60. The van der Waals surface area contributed by atoms with Gasteiger partial charge in [0, 0.05) is 16.7 Å². The molecule has 0 N–H and O–H groups in total. The van der Waals surface area contributed by atoms with E-state index in [1.807, 2.05) is 28.6 Å². The molecule has 3 aromatic carbocycles. The topological polar surface area (TPSA) is 58.7 Å². The summed E-state index contributed by atoms with van der Waals surface area (Å²) >= 11 is 1.40. The van der Waals surface area contributed by atoms with E-state index in [9.17, 15) is 13.6 Å². The maximum atomic E-state index is 13.9. The number of fused-ring (bicyclic) bond motifs is 2. The van der Waals surface area contributed by atoms with E-state index in [0.29, 0.717) is 22.0 Å². The van der Waals surface area contributed by atoms with Crippen LogP contribution in [0, 0.1) is 17.6 Å². The zero-order chi connectivity index (χ0) is 27.2. The van der Waals surface area contributed by atoms with Crippen LogP contribution >= 0.6 is 11.3 Å². The minimum atomic E-state index is -0.448. The number of anilines is 1. The van der Waals surface area contributed by atoms with E-state index in [-0.39, 0.29) is 23.6 Å². The highest BCUT2D eigenvalue weighted by molar-refractivity contribution is 7.14. The van der Waals surface area contributed by atoms with Crippen molar-refractivity contribution in [1.29, 1.82) is 0 Å². The molecule has 198 valence electrons. The number of hydrazone groups is 1. The van der Waals surface area contributed by atoms with Crippen molar-refractivity contribution in [3.8, 4) is 11.3 Å². The zero-order valence-corrected chi connectivity index (χ0v) is 22.1. The van der Waals surface area contributed by atoms with E-state index in [4.69, 9.17) is 14.5 Å². The molecule has 3 heterocycles. The predicted octanol–water partition coefficient (Wildman–Crippen LogP) is 8.00. The Hall–Kier alpha value is -4.43. The molecule has 0 amide bonds. The molecular weight excluding hydrogens is 528 g/mol. The van der Waals surface area contributed by atoms with Crippen molar-refractivity contribution in [3.05, 3.63) is 123 Å². The lowest BCUT2D eigenvalue weighted by Gasteiger charge is -2.29. The summed E-state index contributed by atoms with van der Waals surface area (Å²) in [6.07, 6.45) is 4.83.